The van der Waals surface area contributed by atoms with Crippen molar-refractivity contribution in [2.45, 2.75) is 13.0 Å². The maximum atomic E-state index is 12.9. The second-order valence-electron chi connectivity index (χ2n) is 4.68. The smallest absolute Gasteiger partial charge is 0.137 e. The van der Waals surface area contributed by atoms with E-state index in [-0.39, 0.29) is 11.9 Å². The Morgan fingerprint density at radius 2 is 1.55 bits per heavy atom. The molecule has 0 saturated heterocycles. The Balaban J connectivity index is 1.86. The zero-order valence-electron chi connectivity index (χ0n) is 11.1. The molecule has 0 aliphatic rings. The van der Waals surface area contributed by atoms with Crippen molar-refractivity contribution in [3.8, 4) is 11.1 Å². The Kier molecular flexibility index (Phi) is 3.29. The van der Waals surface area contributed by atoms with E-state index in [0.717, 1.165) is 16.7 Å². The minimum absolute atomic E-state index is 0.139. The average Bonchev–Trinajstić information content (AvgIpc) is 3.02. The van der Waals surface area contributed by atoms with Crippen LogP contribution in [0.2, 0.25) is 0 Å². The number of benzene rings is 2. The van der Waals surface area contributed by atoms with Gasteiger partial charge in [-0.15, -0.1) is 0 Å². The Bertz CT molecular complexity index is 673. The van der Waals surface area contributed by atoms with Gasteiger partial charge in [0.1, 0.15) is 18.5 Å². The van der Waals surface area contributed by atoms with Crippen molar-refractivity contribution >= 4 is 0 Å². The number of aromatic nitrogens is 3. The molecule has 2 aromatic carbocycles. The topological polar surface area (TPSA) is 30.7 Å². The lowest BCUT2D eigenvalue weighted by molar-refractivity contribution is 0.563. The molecule has 100 valence electrons. The molecule has 20 heavy (non-hydrogen) atoms. The number of nitrogens with zero attached hydrogens (tertiary/aromatic N) is 3. The minimum atomic E-state index is -0.217. The van der Waals surface area contributed by atoms with Crippen LogP contribution in [0.25, 0.3) is 11.1 Å². The van der Waals surface area contributed by atoms with Gasteiger partial charge < -0.3 is 0 Å². The van der Waals surface area contributed by atoms with Gasteiger partial charge >= 0.3 is 0 Å². The molecule has 0 aliphatic carbocycles. The molecule has 0 aliphatic heterocycles. The van der Waals surface area contributed by atoms with Crippen LogP contribution in [0, 0.1) is 5.82 Å². The molecule has 0 N–H and O–H groups in total. The summed E-state index contributed by atoms with van der Waals surface area (Å²) in [6.07, 6.45) is 3.24. The van der Waals surface area contributed by atoms with E-state index in [9.17, 15) is 4.39 Å². The van der Waals surface area contributed by atoms with Crippen LogP contribution in [-0.4, -0.2) is 14.8 Å². The van der Waals surface area contributed by atoms with Gasteiger partial charge in [-0.05, 0) is 35.7 Å². The van der Waals surface area contributed by atoms with E-state index in [1.165, 1.54) is 18.5 Å². The van der Waals surface area contributed by atoms with Crippen LogP contribution in [0.15, 0.2) is 61.2 Å². The third kappa shape index (κ3) is 2.45. The van der Waals surface area contributed by atoms with Crippen LogP contribution < -0.4 is 0 Å². The van der Waals surface area contributed by atoms with Gasteiger partial charge in [0, 0.05) is 0 Å². The summed E-state index contributed by atoms with van der Waals surface area (Å²) in [6, 6.07) is 14.8. The maximum absolute atomic E-state index is 12.9. The summed E-state index contributed by atoms with van der Waals surface area (Å²) in [5.41, 5.74) is 3.23. The fourth-order valence-electron chi connectivity index (χ4n) is 2.17. The summed E-state index contributed by atoms with van der Waals surface area (Å²) in [7, 11) is 0. The van der Waals surface area contributed by atoms with Gasteiger partial charge in [0.15, 0.2) is 0 Å². The lowest BCUT2D eigenvalue weighted by Gasteiger charge is -2.12. The van der Waals surface area contributed by atoms with Crippen LogP contribution in [-0.2, 0) is 0 Å². The predicted molar refractivity (Wildman–Crippen MR) is 75.7 cm³/mol. The molecular formula is C16H14FN3. The van der Waals surface area contributed by atoms with Crippen LogP contribution in [0.1, 0.15) is 18.5 Å². The number of hydrogen-bond acceptors (Lipinski definition) is 2. The molecule has 1 atom stereocenters. The fourth-order valence-corrected chi connectivity index (χ4v) is 2.17. The van der Waals surface area contributed by atoms with E-state index in [2.05, 4.69) is 29.1 Å². The van der Waals surface area contributed by atoms with Crippen molar-refractivity contribution in [3.05, 3.63) is 72.6 Å². The number of halogens is 1. The van der Waals surface area contributed by atoms with Gasteiger partial charge in [0.25, 0.3) is 0 Å². The third-order valence-corrected chi connectivity index (χ3v) is 3.40. The molecule has 3 nitrogen and oxygen atoms in total. The summed E-state index contributed by atoms with van der Waals surface area (Å²) in [6.45, 7) is 2.07. The first-order valence-corrected chi connectivity index (χ1v) is 6.44. The lowest BCUT2D eigenvalue weighted by Crippen LogP contribution is -2.06. The Labute approximate surface area is 116 Å². The van der Waals surface area contributed by atoms with Crippen molar-refractivity contribution in [1.29, 1.82) is 0 Å². The van der Waals surface area contributed by atoms with Gasteiger partial charge in [-0.25, -0.2) is 14.1 Å². The molecule has 0 fully saturated rings. The lowest BCUT2D eigenvalue weighted by atomic mass is 10.0. The maximum Gasteiger partial charge on any atom is 0.137 e. The highest BCUT2D eigenvalue weighted by Gasteiger charge is 2.08. The van der Waals surface area contributed by atoms with E-state index in [1.54, 1.807) is 18.5 Å². The molecule has 3 aromatic rings. The molecule has 1 heterocycles. The van der Waals surface area contributed by atoms with Crippen molar-refractivity contribution in [1.82, 2.24) is 14.8 Å². The quantitative estimate of drug-likeness (QED) is 0.724. The molecule has 1 unspecified atom stereocenters. The Hall–Kier alpha value is -2.49. The highest BCUT2D eigenvalue weighted by molar-refractivity contribution is 5.63. The molecule has 0 radical (unpaired) electrons. The predicted octanol–water partition coefficient (Wildman–Crippen LogP) is 3.69. The van der Waals surface area contributed by atoms with Gasteiger partial charge in [-0.3, -0.25) is 0 Å². The van der Waals surface area contributed by atoms with Gasteiger partial charge in [-0.1, -0.05) is 36.4 Å². The summed E-state index contributed by atoms with van der Waals surface area (Å²) < 4.78 is 14.7. The largest absolute Gasteiger partial charge is 0.246 e. The first-order chi connectivity index (χ1) is 9.74. The summed E-state index contributed by atoms with van der Waals surface area (Å²) >= 11 is 0. The number of hydrogen-bond donors (Lipinski definition) is 0. The van der Waals surface area contributed by atoms with Crippen molar-refractivity contribution in [2.24, 2.45) is 0 Å². The molecule has 4 heteroatoms. The van der Waals surface area contributed by atoms with Gasteiger partial charge in [-0.2, -0.15) is 5.10 Å². The second kappa shape index (κ2) is 5.25. The van der Waals surface area contributed by atoms with Crippen molar-refractivity contribution in [3.63, 3.8) is 0 Å². The van der Waals surface area contributed by atoms with E-state index >= 15 is 0 Å². The van der Waals surface area contributed by atoms with Crippen LogP contribution in [0.3, 0.4) is 0 Å². The summed E-state index contributed by atoms with van der Waals surface area (Å²) in [5.74, 6) is -0.217. The first kappa shape index (κ1) is 12.5. The third-order valence-electron chi connectivity index (χ3n) is 3.40. The van der Waals surface area contributed by atoms with Crippen molar-refractivity contribution in [2.75, 3.05) is 0 Å². The van der Waals surface area contributed by atoms with Gasteiger partial charge in [0.2, 0.25) is 0 Å². The molecule has 0 saturated carbocycles. The highest BCUT2D eigenvalue weighted by Crippen LogP contribution is 2.23. The molecule has 1 aromatic heterocycles. The van der Waals surface area contributed by atoms with E-state index < -0.39 is 0 Å². The second-order valence-corrected chi connectivity index (χ2v) is 4.68. The minimum Gasteiger partial charge on any atom is -0.246 e. The molecule has 0 spiro atoms. The summed E-state index contributed by atoms with van der Waals surface area (Å²) in [5, 5.41) is 4.15. The van der Waals surface area contributed by atoms with E-state index in [0.29, 0.717) is 0 Å². The van der Waals surface area contributed by atoms with Crippen molar-refractivity contribution < 1.29 is 4.39 Å². The van der Waals surface area contributed by atoms with E-state index in [4.69, 9.17) is 0 Å². The zero-order chi connectivity index (χ0) is 13.9. The molecule has 0 amide bonds. The molecule has 3 rings (SSSR count). The SMILES string of the molecule is CC(c1ccc(-c2ccc(F)cc2)cc1)n1cncn1. The standard InChI is InChI=1S/C16H14FN3/c1-12(20-11-18-10-19-20)13-2-4-14(5-3-13)15-6-8-16(17)9-7-15/h2-12H,1H3. The van der Waals surface area contributed by atoms with Gasteiger partial charge in [0.05, 0.1) is 6.04 Å². The average molecular weight is 267 g/mol. The Morgan fingerprint density at radius 3 is 2.10 bits per heavy atom. The normalized spacial score (nSPS) is 12.3. The van der Waals surface area contributed by atoms with Crippen LogP contribution in [0.4, 0.5) is 4.39 Å². The van der Waals surface area contributed by atoms with Crippen LogP contribution >= 0.6 is 0 Å². The highest BCUT2D eigenvalue weighted by atomic mass is 19.1. The zero-order valence-corrected chi connectivity index (χ0v) is 11.1. The fraction of sp³-hybridized carbons (Fsp3) is 0.125. The number of rotatable bonds is 3. The first-order valence-electron chi connectivity index (χ1n) is 6.44. The van der Waals surface area contributed by atoms with E-state index in [1.807, 2.05) is 16.8 Å². The monoisotopic (exact) mass is 267 g/mol. The molecular weight excluding hydrogens is 253 g/mol. The van der Waals surface area contributed by atoms with Crippen LogP contribution in [0.5, 0.6) is 0 Å². The Morgan fingerprint density at radius 1 is 0.950 bits per heavy atom. The summed E-state index contributed by atoms with van der Waals surface area (Å²) in [4.78, 5) is 3.96. The molecule has 0 bridgehead atoms.